The molecule has 0 aromatic carbocycles. The predicted molar refractivity (Wildman–Crippen MR) is 45.5 cm³/mol. The number of halogens is 12. The van der Waals surface area contributed by atoms with E-state index in [-0.39, 0.29) is 0 Å². The molecule has 0 aliphatic heterocycles. The lowest BCUT2D eigenvalue weighted by Gasteiger charge is -2.41. The molecular formula is C9H6F12. The van der Waals surface area contributed by atoms with Gasteiger partial charge in [0.05, 0.1) is 5.92 Å². The van der Waals surface area contributed by atoms with Gasteiger partial charge in [-0.2, -0.15) is 26.3 Å². The topological polar surface area (TPSA) is 0 Å². The summed E-state index contributed by atoms with van der Waals surface area (Å²) in [6.07, 6.45) is -24.9. The average Bonchev–Trinajstić information content (AvgIpc) is 2.25. The number of alkyl halides is 12. The Morgan fingerprint density at radius 2 is 0.857 bits per heavy atom. The highest BCUT2D eigenvalue weighted by Gasteiger charge is 2.78. The summed E-state index contributed by atoms with van der Waals surface area (Å²) in [5.41, 5.74) is -12.4. The molecule has 126 valence electrons. The molecule has 0 saturated carbocycles. The van der Waals surface area contributed by atoms with Gasteiger partial charge in [0.1, 0.15) is 0 Å². The molecule has 0 aliphatic rings. The first-order chi connectivity index (χ1) is 9.08. The molecule has 0 nitrogen and oxygen atoms in total. The first-order valence-electron chi connectivity index (χ1n) is 4.78. The highest BCUT2D eigenvalue weighted by Crippen LogP contribution is 2.55. The lowest BCUT2D eigenvalue weighted by atomic mass is 9.76. The van der Waals surface area contributed by atoms with E-state index in [9.17, 15) is 52.7 Å². The largest absolute Gasteiger partial charge is 0.428 e. The summed E-state index contributed by atoms with van der Waals surface area (Å²) in [7, 11) is 0. The number of rotatable bonds is 5. The van der Waals surface area contributed by atoms with Crippen LogP contribution < -0.4 is 0 Å². The maximum absolute atomic E-state index is 13.5. The molecule has 0 bridgehead atoms. The van der Waals surface area contributed by atoms with Gasteiger partial charge in [0.25, 0.3) is 24.2 Å². The minimum absolute atomic E-state index is 0.890. The van der Waals surface area contributed by atoms with Crippen molar-refractivity contribution >= 4 is 0 Å². The Kier molecular flexibility index (Phi) is 5.30. The van der Waals surface area contributed by atoms with E-state index in [0.29, 0.717) is 0 Å². The number of hydrogen-bond acceptors (Lipinski definition) is 0. The molecule has 0 amide bonds. The summed E-state index contributed by atoms with van der Waals surface area (Å²) in [5, 5.41) is 0. The third-order valence-electron chi connectivity index (χ3n) is 2.65. The number of hydrogen-bond donors (Lipinski definition) is 0. The van der Waals surface area contributed by atoms with Crippen LogP contribution in [0.4, 0.5) is 52.7 Å². The molecule has 0 spiro atoms. The highest BCUT2D eigenvalue weighted by atomic mass is 19.4. The fourth-order valence-corrected chi connectivity index (χ4v) is 1.52. The van der Waals surface area contributed by atoms with Crippen LogP contribution in [0.5, 0.6) is 0 Å². The van der Waals surface area contributed by atoms with Gasteiger partial charge >= 0.3 is 12.4 Å². The van der Waals surface area contributed by atoms with E-state index in [2.05, 4.69) is 6.58 Å². The van der Waals surface area contributed by atoms with Gasteiger partial charge in [0.15, 0.2) is 0 Å². The van der Waals surface area contributed by atoms with Gasteiger partial charge in [-0.3, -0.25) is 0 Å². The Labute approximate surface area is 109 Å². The molecule has 2 unspecified atom stereocenters. The van der Waals surface area contributed by atoms with Crippen molar-refractivity contribution in [3.05, 3.63) is 12.7 Å². The molecule has 12 heteroatoms. The summed E-state index contributed by atoms with van der Waals surface area (Å²) in [6, 6.07) is 0. The van der Waals surface area contributed by atoms with E-state index in [1.807, 2.05) is 0 Å². The van der Waals surface area contributed by atoms with Crippen LogP contribution in [0.25, 0.3) is 0 Å². The minimum Gasteiger partial charge on any atom is -0.227 e. The Morgan fingerprint density at radius 3 is 0.952 bits per heavy atom. The van der Waals surface area contributed by atoms with E-state index in [0.717, 1.165) is 0 Å². The maximum atomic E-state index is 13.5. The summed E-state index contributed by atoms with van der Waals surface area (Å²) in [5.74, 6) is -4.61. The molecule has 0 rings (SSSR count). The lowest BCUT2D eigenvalue weighted by Crippen LogP contribution is -2.65. The van der Waals surface area contributed by atoms with Crippen molar-refractivity contribution in [2.24, 2.45) is 5.92 Å². The molecule has 0 saturated heterocycles. The van der Waals surface area contributed by atoms with Gasteiger partial charge < -0.3 is 0 Å². The van der Waals surface area contributed by atoms with Gasteiger partial charge in [-0.25, -0.2) is 26.3 Å². The Hall–Kier alpha value is -1.10. The second-order valence-electron chi connectivity index (χ2n) is 3.85. The SMILES string of the molecule is C=CC(C(F)(C(F)F)C(F)(F)F)C(F)(C(F)F)C(F)(F)F. The molecule has 0 N–H and O–H groups in total. The second kappa shape index (κ2) is 5.59. The molecule has 0 radical (unpaired) electrons. The van der Waals surface area contributed by atoms with Crippen molar-refractivity contribution in [2.75, 3.05) is 0 Å². The van der Waals surface area contributed by atoms with Gasteiger partial charge in [0.2, 0.25) is 0 Å². The van der Waals surface area contributed by atoms with Gasteiger partial charge in [-0.1, -0.05) is 6.08 Å². The lowest BCUT2D eigenvalue weighted by molar-refractivity contribution is -0.340. The second-order valence-corrected chi connectivity index (χ2v) is 3.85. The predicted octanol–water partition coefficient (Wildman–Crippen LogP) is 4.86. The van der Waals surface area contributed by atoms with Crippen LogP contribution in [-0.2, 0) is 0 Å². The molecule has 0 aromatic heterocycles. The van der Waals surface area contributed by atoms with Gasteiger partial charge in [-0.15, -0.1) is 6.58 Å². The normalized spacial score (nSPS) is 21.0. The van der Waals surface area contributed by atoms with Crippen molar-refractivity contribution in [3.8, 4) is 0 Å². The van der Waals surface area contributed by atoms with E-state index in [4.69, 9.17) is 0 Å². The van der Waals surface area contributed by atoms with E-state index >= 15 is 0 Å². The molecule has 2 atom stereocenters. The summed E-state index contributed by atoms with van der Waals surface area (Å²) in [4.78, 5) is 0. The third-order valence-corrected chi connectivity index (χ3v) is 2.65. The van der Waals surface area contributed by atoms with E-state index in [1.165, 1.54) is 0 Å². The van der Waals surface area contributed by atoms with Crippen molar-refractivity contribution < 1.29 is 52.7 Å². The van der Waals surface area contributed by atoms with Crippen LogP contribution in [0.1, 0.15) is 0 Å². The van der Waals surface area contributed by atoms with Crippen molar-refractivity contribution in [2.45, 2.75) is 36.5 Å². The summed E-state index contributed by atoms with van der Waals surface area (Å²) >= 11 is 0. The average molecular weight is 342 g/mol. The van der Waals surface area contributed by atoms with Crippen LogP contribution in [0.2, 0.25) is 0 Å². The molecule has 0 fully saturated rings. The summed E-state index contributed by atoms with van der Waals surface area (Å²) < 4.78 is 150. The molecular weight excluding hydrogens is 336 g/mol. The quantitative estimate of drug-likeness (QED) is 0.494. The Bertz CT molecular complexity index is 336. The number of allylic oxidation sites excluding steroid dienone is 1. The third kappa shape index (κ3) is 2.93. The summed E-state index contributed by atoms with van der Waals surface area (Å²) in [6.45, 7) is 2.14. The zero-order chi connectivity index (χ0) is 17.4. The maximum Gasteiger partial charge on any atom is 0.428 e. The van der Waals surface area contributed by atoms with E-state index in [1.54, 1.807) is 0 Å². The van der Waals surface area contributed by atoms with Crippen molar-refractivity contribution in [3.63, 3.8) is 0 Å². The fraction of sp³-hybridized carbons (Fsp3) is 0.778. The first-order valence-corrected chi connectivity index (χ1v) is 4.78. The van der Waals surface area contributed by atoms with E-state index < -0.39 is 48.5 Å². The van der Waals surface area contributed by atoms with Gasteiger partial charge in [-0.05, 0) is 0 Å². The van der Waals surface area contributed by atoms with Crippen LogP contribution in [0, 0.1) is 5.92 Å². The Balaban J connectivity index is 6.38. The smallest absolute Gasteiger partial charge is 0.227 e. The zero-order valence-corrected chi connectivity index (χ0v) is 9.55. The van der Waals surface area contributed by atoms with Gasteiger partial charge in [0, 0.05) is 0 Å². The van der Waals surface area contributed by atoms with Crippen LogP contribution in [0.3, 0.4) is 0 Å². The molecule has 0 aromatic rings. The molecule has 0 aliphatic carbocycles. The molecule has 0 heterocycles. The van der Waals surface area contributed by atoms with Crippen molar-refractivity contribution in [1.29, 1.82) is 0 Å². The van der Waals surface area contributed by atoms with Crippen LogP contribution in [0.15, 0.2) is 12.7 Å². The van der Waals surface area contributed by atoms with Crippen molar-refractivity contribution in [1.82, 2.24) is 0 Å². The zero-order valence-electron chi connectivity index (χ0n) is 9.55. The first kappa shape index (κ1) is 19.9. The monoisotopic (exact) mass is 342 g/mol. The standard InChI is InChI=1S/C9H6F12/c1-2-3(6(14,4(10)11)8(16,17)18)7(15,5(12)13)9(19,20)21/h2-5H,1H2. The Morgan fingerprint density at radius 1 is 0.619 bits per heavy atom. The minimum atomic E-state index is -6.75. The highest BCUT2D eigenvalue weighted by molar-refractivity contribution is 5.15. The molecule has 21 heavy (non-hydrogen) atoms. The fourth-order valence-electron chi connectivity index (χ4n) is 1.52. The van der Waals surface area contributed by atoms with Crippen LogP contribution in [-0.4, -0.2) is 36.5 Å². The van der Waals surface area contributed by atoms with Crippen LogP contribution >= 0.6 is 0 Å².